The highest BCUT2D eigenvalue weighted by atomic mass is 35.5. The van der Waals surface area contributed by atoms with Gasteiger partial charge < -0.3 is 4.55 Å². The molecular weight excluding hydrogens is 373 g/mol. The molecule has 4 nitrogen and oxygen atoms in total. The molecule has 0 saturated heterocycles. The molecule has 0 aliphatic rings. The first-order valence-electron chi connectivity index (χ1n) is 6.99. The predicted molar refractivity (Wildman–Crippen MR) is 95.1 cm³/mol. The maximum atomic E-state index is 12.8. The second kappa shape index (κ2) is 6.91. The van der Waals surface area contributed by atoms with Crippen LogP contribution in [0.25, 0.3) is 11.0 Å². The lowest BCUT2D eigenvalue weighted by Gasteiger charge is -2.11. The fourth-order valence-corrected chi connectivity index (χ4v) is 4.62. The van der Waals surface area contributed by atoms with Gasteiger partial charge in [0.05, 0.1) is 37.9 Å². The molecule has 0 N–H and O–H groups in total. The van der Waals surface area contributed by atoms with Gasteiger partial charge in [0.15, 0.2) is 0 Å². The van der Waals surface area contributed by atoms with Gasteiger partial charge in [0.25, 0.3) is 5.03 Å². The number of benzene rings is 1. The van der Waals surface area contributed by atoms with Crippen molar-refractivity contribution in [3.8, 4) is 0 Å². The van der Waals surface area contributed by atoms with E-state index in [1.165, 1.54) is 11.3 Å². The van der Waals surface area contributed by atoms with E-state index in [0.717, 1.165) is 12.1 Å². The number of rotatable bonds is 4. The van der Waals surface area contributed by atoms with Crippen molar-refractivity contribution in [1.82, 2.24) is 15.0 Å². The second-order valence-corrected chi connectivity index (χ2v) is 8.25. The van der Waals surface area contributed by atoms with Crippen molar-refractivity contribution in [2.75, 3.05) is 0 Å². The minimum Gasteiger partial charge on any atom is -0.603 e. The maximum Gasteiger partial charge on any atom is 0.309 e. The summed E-state index contributed by atoms with van der Waals surface area (Å²) in [5.41, 5.74) is 2.79. The van der Waals surface area contributed by atoms with Crippen LogP contribution in [0.2, 0.25) is 10.0 Å². The standard InChI is InChI=1S/C15H13Cl2N3OS2/c1-3-4-11-14(23(21)15-18-8(2)7-22-15)20-13-6-10(17)9(16)5-12(13)19-11/h5-7H,3-4H2,1-2H3. The Morgan fingerprint density at radius 2 is 1.78 bits per heavy atom. The van der Waals surface area contributed by atoms with Crippen LogP contribution in [0.1, 0.15) is 24.7 Å². The number of hydrogen-bond donors (Lipinski definition) is 0. The van der Waals surface area contributed by atoms with E-state index in [1.54, 1.807) is 12.1 Å². The van der Waals surface area contributed by atoms with E-state index in [1.807, 2.05) is 19.2 Å². The summed E-state index contributed by atoms with van der Waals surface area (Å²) in [4.78, 5) is 13.4. The smallest absolute Gasteiger partial charge is 0.309 e. The van der Waals surface area contributed by atoms with Crippen LogP contribution in [0.3, 0.4) is 0 Å². The highest BCUT2D eigenvalue weighted by Gasteiger charge is 2.26. The minimum absolute atomic E-state index is 0.401. The van der Waals surface area contributed by atoms with Gasteiger partial charge in [0.1, 0.15) is 5.69 Å². The Hall–Kier alpha value is -0.920. The molecule has 0 radical (unpaired) electrons. The van der Waals surface area contributed by atoms with E-state index in [9.17, 15) is 4.55 Å². The quantitative estimate of drug-likeness (QED) is 0.603. The van der Waals surface area contributed by atoms with E-state index < -0.39 is 11.2 Å². The van der Waals surface area contributed by atoms with E-state index >= 15 is 0 Å². The third kappa shape index (κ3) is 3.46. The van der Waals surface area contributed by atoms with Crippen molar-refractivity contribution in [2.45, 2.75) is 36.1 Å². The average molecular weight is 386 g/mol. The van der Waals surface area contributed by atoms with Crippen LogP contribution in [0.5, 0.6) is 0 Å². The fourth-order valence-electron chi connectivity index (χ4n) is 2.12. The van der Waals surface area contributed by atoms with E-state index in [-0.39, 0.29) is 0 Å². The van der Waals surface area contributed by atoms with Gasteiger partial charge in [0.2, 0.25) is 0 Å². The number of aryl methyl sites for hydroxylation is 2. The summed E-state index contributed by atoms with van der Waals surface area (Å²) < 4.78 is 13.4. The molecule has 1 unspecified atom stereocenters. The maximum absolute atomic E-state index is 12.8. The molecule has 8 heteroatoms. The number of fused-ring (bicyclic) bond motifs is 1. The molecule has 1 atom stereocenters. The lowest BCUT2D eigenvalue weighted by atomic mass is 10.2. The number of aromatic nitrogens is 3. The molecular formula is C15H13Cl2N3OS2. The molecule has 0 amide bonds. The zero-order valence-electron chi connectivity index (χ0n) is 12.5. The van der Waals surface area contributed by atoms with Crippen LogP contribution in [0, 0.1) is 6.92 Å². The van der Waals surface area contributed by atoms with Crippen LogP contribution in [0.15, 0.2) is 26.9 Å². The van der Waals surface area contributed by atoms with Gasteiger partial charge in [-0.1, -0.05) is 47.9 Å². The average Bonchev–Trinajstić information content (AvgIpc) is 2.94. The van der Waals surface area contributed by atoms with Gasteiger partial charge >= 0.3 is 4.34 Å². The molecule has 0 aliphatic heterocycles. The second-order valence-electron chi connectivity index (χ2n) is 5.00. The number of nitrogens with zero attached hydrogens (tertiary/aromatic N) is 3. The largest absolute Gasteiger partial charge is 0.603 e. The van der Waals surface area contributed by atoms with Gasteiger partial charge in [-0.2, -0.15) is 9.97 Å². The normalized spacial score (nSPS) is 12.7. The van der Waals surface area contributed by atoms with E-state index in [2.05, 4.69) is 15.0 Å². The predicted octanol–water partition coefficient (Wildman–Crippen LogP) is 4.82. The van der Waals surface area contributed by atoms with Gasteiger partial charge in [0, 0.05) is 5.38 Å². The summed E-state index contributed by atoms with van der Waals surface area (Å²) in [5, 5.41) is 3.16. The Balaban J connectivity index is 2.16. The highest BCUT2D eigenvalue weighted by Crippen LogP contribution is 2.30. The lowest BCUT2D eigenvalue weighted by Crippen LogP contribution is -2.10. The van der Waals surface area contributed by atoms with Crippen molar-refractivity contribution < 1.29 is 4.55 Å². The van der Waals surface area contributed by atoms with Crippen molar-refractivity contribution in [1.29, 1.82) is 0 Å². The Morgan fingerprint density at radius 3 is 2.35 bits per heavy atom. The topological polar surface area (TPSA) is 61.7 Å². The summed E-state index contributed by atoms with van der Waals surface area (Å²) in [6.07, 6.45) is 1.57. The van der Waals surface area contributed by atoms with Gasteiger partial charge in [-0.15, -0.1) is 0 Å². The van der Waals surface area contributed by atoms with Crippen molar-refractivity contribution >= 4 is 56.7 Å². The van der Waals surface area contributed by atoms with Gasteiger partial charge in [-0.3, -0.25) is 0 Å². The molecule has 0 spiro atoms. The van der Waals surface area contributed by atoms with Crippen molar-refractivity contribution in [3.63, 3.8) is 0 Å². The van der Waals surface area contributed by atoms with Gasteiger partial charge in [-0.25, -0.2) is 4.98 Å². The first kappa shape index (κ1) is 16.9. The Bertz CT molecular complexity index is 869. The highest BCUT2D eigenvalue weighted by molar-refractivity contribution is 7.93. The number of hydrogen-bond acceptors (Lipinski definition) is 5. The minimum atomic E-state index is -1.45. The molecule has 3 rings (SSSR count). The van der Waals surface area contributed by atoms with Crippen molar-refractivity contribution in [3.05, 3.63) is 38.9 Å². The molecule has 0 aliphatic carbocycles. The molecule has 1 aromatic carbocycles. The van der Waals surface area contributed by atoms with Crippen molar-refractivity contribution in [2.24, 2.45) is 0 Å². The lowest BCUT2D eigenvalue weighted by molar-refractivity contribution is 0.587. The molecule has 2 heterocycles. The SMILES string of the molecule is CCCc1nc2cc(Cl)c(Cl)cc2nc1[S+]([O-])c1nc(C)cs1. The van der Waals surface area contributed by atoms with Crippen LogP contribution in [0.4, 0.5) is 0 Å². The third-order valence-corrected chi connectivity index (χ3v) is 6.46. The Labute approximate surface area is 151 Å². The summed E-state index contributed by atoms with van der Waals surface area (Å²) in [7, 11) is 0. The monoisotopic (exact) mass is 385 g/mol. The fraction of sp³-hybridized carbons (Fsp3) is 0.267. The van der Waals surface area contributed by atoms with Crippen LogP contribution >= 0.6 is 34.5 Å². The molecule has 0 fully saturated rings. The van der Waals surface area contributed by atoms with Crippen LogP contribution in [-0.4, -0.2) is 19.5 Å². The van der Waals surface area contributed by atoms with E-state index in [4.69, 9.17) is 23.2 Å². The molecule has 0 saturated carbocycles. The molecule has 120 valence electrons. The molecule has 23 heavy (non-hydrogen) atoms. The molecule has 3 aromatic rings. The Kier molecular flexibility index (Phi) is 5.08. The number of halogens is 2. The molecule has 2 aromatic heterocycles. The zero-order valence-corrected chi connectivity index (χ0v) is 15.6. The third-order valence-electron chi connectivity index (χ3n) is 3.16. The van der Waals surface area contributed by atoms with Crippen LogP contribution in [-0.2, 0) is 17.6 Å². The van der Waals surface area contributed by atoms with Crippen LogP contribution < -0.4 is 0 Å². The first-order valence-corrected chi connectivity index (χ1v) is 9.77. The summed E-state index contributed by atoms with van der Waals surface area (Å²) >= 11 is 12.0. The first-order chi connectivity index (χ1) is 11.0. The summed E-state index contributed by atoms with van der Waals surface area (Å²) in [6.45, 7) is 3.92. The van der Waals surface area contributed by atoms with E-state index in [0.29, 0.717) is 42.6 Å². The summed E-state index contributed by atoms with van der Waals surface area (Å²) in [6, 6.07) is 3.33. The summed E-state index contributed by atoms with van der Waals surface area (Å²) in [5.74, 6) is 0. The molecule has 0 bridgehead atoms. The Morgan fingerprint density at radius 1 is 1.13 bits per heavy atom. The zero-order chi connectivity index (χ0) is 16.6. The van der Waals surface area contributed by atoms with Gasteiger partial charge in [-0.05, 0) is 25.5 Å². The number of thiazole rings is 1.